The number of ether oxygens (including phenoxy) is 1. The zero-order chi connectivity index (χ0) is 19.9. The maximum Gasteiger partial charge on any atom is 0.197 e. The normalized spacial score (nSPS) is 19.8. The number of para-hydroxylation sites is 1. The van der Waals surface area contributed by atoms with Crippen molar-refractivity contribution in [2.24, 2.45) is 0 Å². The van der Waals surface area contributed by atoms with Gasteiger partial charge >= 0.3 is 0 Å². The molecule has 1 fully saturated rings. The van der Waals surface area contributed by atoms with Gasteiger partial charge in [-0.1, -0.05) is 48.5 Å². The van der Waals surface area contributed by atoms with Crippen LogP contribution in [0.5, 0.6) is 5.75 Å². The Morgan fingerprint density at radius 3 is 2.64 bits per heavy atom. The average molecular weight is 388 g/mol. The van der Waals surface area contributed by atoms with Crippen LogP contribution in [-0.4, -0.2) is 49.4 Å². The van der Waals surface area contributed by atoms with Gasteiger partial charge in [-0.25, -0.2) is 8.78 Å². The zero-order valence-corrected chi connectivity index (χ0v) is 16.0. The molecule has 0 bridgehead atoms. The van der Waals surface area contributed by atoms with Crippen molar-refractivity contribution >= 4 is 5.78 Å². The SMILES string of the molecule is CCOc1ccccc1C1CNCCN1C(F)CC(F)C(=O)c1ccccc1. The molecule has 0 aromatic heterocycles. The summed E-state index contributed by atoms with van der Waals surface area (Å²) in [6.07, 6.45) is -3.93. The number of ketones is 1. The number of nitrogens with zero attached hydrogens (tertiary/aromatic N) is 1. The predicted molar refractivity (Wildman–Crippen MR) is 105 cm³/mol. The van der Waals surface area contributed by atoms with Gasteiger partial charge in [-0.05, 0) is 13.0 Å². The van der Waals surface area contributed by atoms with E-state index in [1.54, 1.807) is 35.2 Å². The Hall–Kier alpha value is -2.31. The first-order valence-electron chi connectivity index (χ1n) is 9.67. The molecule has 4 nitrogen and oxygen atoms in total. The van der Waals surface area contributed by atoms with Gasteiger partial charge in [0.1, 0.15) is 5.75 Å². The number of carbonyl (C=O) groups excluding carboxylic acids is 1. The highest BCUT2D eigenvalue weighted by molar-refractivity contribution is 5.99. The quantitative estimate of drug-likeness (QED) is 0.549. The van der Waals surface area contributed by atoms with E-state index < -0.39 is 24.7 Å². The van der Waals surface area contributed by atoms with Crippen LogP contribution < -0.4 is 10.1 Å². The summed E-state index contributed by atoms with van der Waals surface area (Å²) in [5, 5.41) is 3.26. The molecule has 3 atom stereocenters. The molecule has 3 rings (SSSR count). The first kappa shape index (κ1) is 20.4. The third-order valence-electron chi connectivity index (χ3n) is 4.97. The van der Waals surface area contributed by atoms with Crippen LogP contribution in [0.25, 0.3) is 0 Å². The summed E-state index contributed by atoms with van der Waals surface area (Å²) in [5.74, 6) is 0.0257. The molecule has 28 heavy (non-hydrogen) atoms. The lowest BCUT2D eigenvalue weighted by molar-refractivity contribution is 0.00517. The number of piperazine rings is 1. The van der Waals surface area contributed by atoms with Crippen molar-refractivity contribution in [3.8, 4) is 5.75 Å². The second-order valence-electron chi connectivity index (χ2n) is 6.80. The van der Waals surface area contributed by atoms with Crippen molar-refractivity contribution < 1.29 is 18.3 Å². The summed E-state index contributed by atoms with van der Waals surface area (Å²) in [6.45, 7) is 3.98. The van der Waals surface area contributed by atoms with Crippen LogP contribution >= 0.6 is 0 Å². The summed E-state index contributed by atoms with van der Waals surface area (Å²) in [6, 6.07) is 15.4. The predicted octanol–water partition coefficient (Wildman–Crippen LogP) is 3.94. The van der Waals surface area contributed by atoms with Gasteiger partial charge in [0.05, 0.1) is 12.6 Å². The fourth-order valence-corrected chi connectivity index (χ4v) is 3.58. The van der Waals surface area contributed by atoms with Crippen molar-refractivity contribution in [3.63, 3.8) is 0 Å². The molecule has 0 spiro atoms. The molecule has 2 aromatic carbocycles. The Kier molecular flexibility index (Phi) is 7.12. The van der Waals surface area contributed by atoms with E-state index in [1.165, 1.54) is 0 Å². The molecular weight excluding hydrogens is 362 g/mol. The minimum Gasteiger partial charge on any atom is -0.494 e. The summed E-state index contributed by atoms with van der Waals surface area (Å²) in [4.78, 5) is 13.9. The Balaban J connectivity index is 1.74. The van der Waals surface area contributed by atoms with Crippen LogP contribution in [0, 0.1) is 0 Å². The smallest absolute Gasteiger partial charge is 0.197 e. The van der Waals surface area contributed by atoms with Crippen LogP contribution in [0.15, 0.2) is 54.6 Å². The molecule has 1 heterocycles. The highest BCUT2D eigenvalue weighted by Gasteiger charge is 2.34. The molecular formula is C22H26F2N2O2. The van der Waals surface area contributed by atoms with E-state index in [1.807, 2.05) is 31.2 Å². The third kappa shape index (κ3) is 4.75. The molecule has 0 radical (unpaired) electrons. The number of benzene rings is 2. The Labute approximate surface area is 164 Å². The minimum atomic E-state index is -1.88. The topological polar surface area (TPSA) is 41.6 Å². The van der Waals surface area contributed by atoms with Gasteiger partial charge in [0.15, 0.2) is 18.3 Å². The lowest BCUT2D eigenvalue weighted by Crippen LogP contribution is -2.50. The largest absolute Gasteiger partial charge is 0.494 e. The van der Waals surface area contributed by atoms with Crippen LogP contribution in [0.3, 0.4) is 0 Å². The fraction of sp³-hybridized carbons (Fsp3) is 0.409. The van der Waals surface area contributed by atoms with Crippen molar-refractivity contribution in [2.75, 3.05) is 26.2 Å². The van der Waals surface area contributed by atoms with E-state index in [4.69, 9.17) is 4.74 Å². The van der Waals surface area contributed by atoms with Gasteiger partial charge in [0, 0.05) is 37.2 Å². The van der Waals surface area contributed by atoms with E-state index >= 15 is 4.39 Å². The first-order valence-corrected chi connectivity index (χ1v) is 9.67. The molecule has 6 heteroatoms. The third-order valence-corrected chi connectivity index (χ3v) is 4.97. The van der Waals surface area contributed by atoms with Gasteiger partial charge < -0.3 is 10.1 Å². The van der Waals surface area contributed by atoms with E-state index in [0.717, 1.165) is 5.56 Å². The number of Topliss-reactive ketones (excluding diaryl/α,β-unsaturated/α-hetero) is 1. The second-order valence-corrected chi connectivity index (χ2v) is 6.80. The molecule has 1 N–H and O–H groups in total. The zero-order valence-electron chi connectivity index (χ0n) is 16.0. The van der Waals surface area contributed by atoms with Gasteiger partial charge in [-0.15, -0.1) is 0 Å². The number of alkyl halides is 2. The van der Waals surface area contributed by atoms with E-state index in [2.05, 4.69) is 5.32 Å². The summed E-state index contributed by atoms with van der Waals surface area (Å²) in [5.41, 5.74) is 1.13. The van der Waals surface area contributed by atoms with Gasteiger partial charge in [0.2, 0.25) is 0 Å². The number of rotatable bonds is 8. The lowest BCUT2D eigenvalue weighted by atomic mass is 10.00. The van der Waals surface area contributed by atoms with Crippen LogP contribution in [0.1, 0.15) is 35.3 Å². The average Bonchev–Trinajstić information content (AvgIpc) is 2.74. The maximum atomic E-state index is 15.1. The number of carbonyl (C=O) groups is 1. The van der Waals surface area contributed by atoms with Gasteiger partial charge in [-0.3, -0.25) is 9.69 Å². The molecule has 1 saturated heterocycles. The van der Waals surface area contributed by atoms with E-state index in [0.29, 0.717) is 32.0 Å². The van der Waals surface area contributed by atoms with E-state index in [9.17, 15) is 9.18 Å². The summed E-state index contributed by atoms with van der Waals surface area (Å²) >= 11 is 0. The van der Waals surface area contributed by atoms with Crippen molar-refractivity contribution in [1.29, 1.82) is 0 Å². The number of nitrogens with one attached hydrogen (secondary N) is 1. The monoisotopic (exact) mass is 388 g/mol. The lowest BCUT2D eigenvalue weighted by Gasteiger charge is -2.39. The van der Waals surface area contributed by atoms with Crippen molar-refractivity contribution in [1.82, 2.24) is 10.2 Å². The second kappa shape index (κ2) is 9.75. The standard InChI is InChI=1S/C22H26F2N2O2/c1-2-28-20-11-7-6-10-17(20)19-15-25-12-13-26(19)21(24)14-18(23)22(27)16-8-4-3-5-9-16/h3-11,18-19,21,25H,2,12-15H2,1H3. The molecule has 0 amide bonds. The Bertz CT molecular complexity index is 772. The number of halogens is 2. The molecule has 3 unspecified atom stereocenters. The molecule has 0 aliphatic carbocycles. The van der Waals surface area contributed by atoms with Crippen LogP contribution in [0.2, 0.25) is 0 Å². The highest BCUT2D eigenvalue weighted by atomic mass is 19.1. The fourth-order valence-electron chi connectivity index (χ4n) is 3.58. The molecule has 1 aliphatic rings. The number of hydrogen-bond acceptors (Lipinski definition) is 4. The summed E-state index contributed by atoms with van der Waals surface area (Å²) < 4.78 is 35.4. The summed E-state index contributed by atoms with van der Waals surface area (Å²) in [7, 11) is 0. The van der Waals surface area contributed by atoms with Crippen molar-refractivity contribution in [2.45, 2.75) is 31.9 Å². The molecule has 2 aromatic rings. The Morgan fingerprint density at radius 1 is 1.18 bits per heavy atom. The van der Waals surface area contributed by atoms with Gasteiger partial charge in [0.25, 0.3) is 0 Å². The Morgan fingerprint density at radius 2 is 1.89 bits per heavy atom. The number of hydrogen-bond donors (Lipinski definition) is 1. The first-order chi connectivity index (χ1) is 13.6. The molecule has 150 valence electrons. The van der Waals surface area contributed by atoms with Crippen molar-refractivity contribution in [3.05, 3.63) is 65.7 Å². The minimum absolute atomic E-state index is 0.265. The van der Waals surface area contributed by atoms with Gasteiger partial charge in [-0.2, -0.15) is 0 Å². The molecule has 0 saturated carbocycles. The van der Waals surface area contributed by atoms with Crippen LogP contribution in [0.4, 0.5) is 8.78 Å². The highest BCUT2D eigenvalue weighted by Crippen LogP contribution is 2.33. The molecule has 1 aliphatic heterocycles. The van der Waals surface area contributed by atoms with Crippen LogP contribution in [-0.2, 0) is 0 Å². The van der Waals surface area contributed by atoms with E-state index in [-0.39, 0.29) is 11.6 Å². The maximum absolute atomic E-state index is 15.1.